The average Bonchev–Trinajstić information content (AvgIpc) is 2.99. The van der Waals surface area contributed by atoms with Crippen LogP contribution in [0.4, 0.5) is 5.69 Å². The summed E-state index contributed by atoms with van der Waals surface area (Å²) in [5.41, 5.74) is 1.44. The Labute approximate surface area is 113 Å². The van der Waals surface area contributed by atoms with Gasteiger partial charge in [-0.05, 0) is 17.9 Å². The fourth-order valence-electron chi connectivity index (χ4n) is 1.62. The van der Waals surface area contributed by atoms with E-state index in [1.165, 1.54) is 18.4 Å². The van der Waals surface area contributed by atoms with E-state index in [4.69, 9.17) is 4.74 Å². The van der Waals surface area contributed by atoms with Crippen LogP contribution in [-0.4, -0.2) is 36.7 Å². The number of carbonyl (C=O) groups excluding carboxylic acids is 2. The highest BCUT2D eigenvalue weighted by molar-refractivity contribution is 7.99. The number of ether oxygens (including phenoxy) is 1. The van der Waals surface area contributed by atoms with Crippen molar-refractivity contribution in [3.63, 3.8) is 0 Å². The molecule has 1 aromatic heterocycles. The second kappa shape index (κ2) is 5.73. The molecule has 1 fully saturated rings. The maximum absolute atomic E-state index is 12.0. The quantitative estimate of drug-likeness (QED) is 0.823. The molecule has 18 heavy (non-hydrogen) atoms. The molecule has 7 heteroatoms. The largest absolute Gasteiger partial charge is 0.465 e. The first-order chi connectivity index (χ1) is 8.63. The van der Waals surface area contributed by atoms with Gasteiger partial charge in [-0.1, -0.05) is 0 Å². The number of esters is 1. The molecular weight excluding hydrogens is 272 g/mol. The van der Waals surface area contributed by atoms with Crippen LogP contribution in [0, 0.1) is 6.92 Å². The Bertz CT molecular complexity index is 467. The maximum atomic E-state index is 12.0. The first-order valence-electron chi connectivity index (χ1n) is 5.42. The number of methoxy groups -OCH3 is 1. The topological polar surface area (TPSA) is 67.4 Å². The number of nitrogens with one attached hydrogen (secondary N) is 2. The fourth-order valence-corrected chi connectivity index (χ4v) is 3.48. The zero-order chi connectivity index (χ0) is 13.1. The number of hydrogen-bond acceptors (Lipinski definition) is 6. The molecule has 2 N–H and O–H groups in total. The number of anilines is 1. The summed E-state index contributed by atoms with van der Waals surface area (Å²) >= 11 is 2.96. The SMILES string of the molecule is COC(=O)c1scc(C)c1NC(=O)C1CSCN1. The number of rotatable bonds is 3. The predicted molar refractivity (Wildman–Crippen MR) is 73.3 cm³/mol. The second-order valence-corrected chi connectivity index (χ2v) is 5.79. The van der Waals surface area contributed by atoms with E-state index in [2.05, 4.69) is 10.6 Å². The minimum absolute atomic E-state index is 0.105. The van der Waals surface area contributed by atoms with Gasteiger partial charge in [-0.25, -0.2) is 4.79 Å². The highest BCUT2D eigenvalue weighted by Crippen LogP contribution is 2.28. The molecule has 5 nitrogen and oxygen atoms in total. The van der Waals surface area contributed by atoms with Gasteiger partial charge in [0.1, 0.15) is 4.88 Å². The zero-order valence-electron chi connectivity index (χ0n) is 10.1. The van der Waals surface area contributed by atoms with E-state index >= 15 is 0 Å². The molecule has 0 bridgehead atoms. The number of aryl methyl sites for hydroxylation is 1. The lowest BCUT2D eigenvalue weighted by atomic mass is 10.2. The minimum Gasteiger partial charge on any atom is -0.465 e. The average molecular weight is 286 g/mol. The van der Waals surface area contributed by atoms with Crippen molar-refractivity contribution in [2.45, 2.75) is 13.0 Å². The lowest BCUT2D eigenvalue weighted by Gasteiger charge is -2.11. The smallest absolute Gasteiger partial charge is 0.350 e. The molecule has 0 aromatic carbocycles. The molecule has 1 aliphatic rings. The molecule has 1 atom stereocenters. The highest BCUT2D eigenvalue weighted by atomic mass is 32.2. The van der Waals surface area contributed by atoms with E-state index in [0.717, 1.165) is 17.2 Å². The molecule has 1 amide bonds. The van der Waals surface area contributed by atoms with Crippen LogP contribution in [0.1, 0.15) is 15.2 Å². The van der Waals surface area contributed by atoms with Crippen LogP contribution in [0.2, 0.25) is 0 Å². The molecule has 0 saturated carbocycles. The van der Waals surface area contributed by atoms with E-state index in [1.807, 2.05) is 12.3 Å². The van der Waals surface area contributed by atoms with E-state index in [-0.39, 0.29) is 11.9 Å². The Morgan fingerprint density at radius 1 is 1.56 bits per heavy atom. The number of thioether (sulfide) groups is 1. The van der Waals surface area contributed by atoms with Gasteiger partial charge in [0.2, 0.25) is 5.91 Å². The fraction of sp³-hybridized carbons (Fsp3) is 0.455. The summed E-state index contributed by atoms with van der Waals surface area (Å²) in [6.45, 7) is 1.86. The first kappa shape index (κ1) is 13.4. The third-order valence-electron chi connectivity index (χ3n) is 2.63. The summed E-state index contributed by atoms with van der Waals surface area (Å²) in [5.74, 6) is 1.01. The molecule has 98 valence electrons. The maximum Gasteiger partial charge on any atom is 0.350 e. The Kier molecular flexibility index (Phi) is 4.26. The molecule has 0 aliphatic carbocycles. The van der Waals surface area contributed by atoms with E-state index < -0.39 is 5.97 Å². The molecule has 1 unspecified atom stereocenters. The van der Waals surface area contributed by atoms with Gasteiger partial charge < -0.3 is 10.1 Å². The number of hydrogen-bond donors (Lipinski definition) is 2. The molecule has 2 heterocycles. The molecular formula is C11H14N2O3S2. The van der Waals surface area contributed by atoms with Crippen molar-refractivity contribution in [3.8, 4) is 0 Å². The number of amides is 1. The minimum atomic E-state index is -0.419. The Hall–Kier alpha value is -1.05. The van der Waals surface area contributed by atoms with Crippen molar-refractivity contribution in [3.05, 3.63) is 15.8 Å². The number of carbonyl (C=O) groups is 2. The van der Waals surface area contributed by atoms with Gasteiger partial charge in [0.05, 0.1) is 18.8 Å². The van der Waals surface area contributed by atoms with Gasteiger partial charge >= 0.3 is 5.97 Å². The predicted octanol–water partition coefficient (Wildman–Crippen LogP) is 1.44. The Morgan fingerprint density at radius 3 is 2.94 bits per heavy atom. The van der Waals surface area contributed by atoms with Crippen LogP contribution in [-0.2, 0) is 9.53 Å². The van der Waals surface area contributed by atoms with Gasteiger partial charge in [-0.2, -0.15) is 0 Å². The second-order valence-electron chi connectivity index (χ2n) is 3.88. The zero-order valence-corrected chi connectivity index (χ0v) is 11.7. The van der Waals surface area contributed by atoms with Crippen LogP contribution < -0.4 is 10.6 Å². The molecule has 0 spiro atoms. The highest BCUT2D eigenvalue weighted by Gasteiger charge is 2.25. The summed E-state index contributed by atoms with van der Waals surface area (Å²) < 4.78 is 4.70. The third kappa shape index (κ3) is 2.68. The number of thiophene rings is 1. The molecule has 0 radical (unpaired) electrons. The third-order valence-corrected chi connectivity index (χ3v) is 4.64. The van der Waals surface area contributed by atoms with Crippen molar-refractivity contribution in [2.24, 2.45) is 0 Å². The Balaban J connectivity index is 2.15. The van der Waals surface area contributed by atoms with Gasteiger partial charge in [0.15, 0.2) is 0 Å². The van der Waals surface area contributed by atoms with Crippen molar-refractivity contribution < 1.29 is 14.3 Å². The van der Waals surface area contributed by atoms with Crippen LogP contribution in [0.5, 0.6) is 0 Å². The summed E-state index contributed by atoms with van der Waals surface area (Å²) in [7, 11) is 1.33. The lowest BCUT2D eigenvalue weighted by molar-refractivity contribution is -0.117. The lowest BCUT2D eigenvalue weighted by Crippen LogP contribution is -2.37. The summed E-state index contributed by atoms with van der Waals surface area (Å²) in [5, 5.41) is 7.73. The summed E-state index contributed by atoms with van der Waals surface area (Å²) in [6.07, 6.45) is 0. The van der Waals surface area contributed by atoms with Crippen LogP contribution in [0.3, 0.4) is 0 Å². The van der Waals surface area contributed by atoms with Crippen molar-refractivity contribution in [1.82, 2.24) is 5.32 Å². The van der Waals surface area contributed by atoms with Gasteiger partial charge in [0, 0.05) is 11.6 Å². The molecule has 1 aromatic rings. The van der Waals surface area contributed by atoms with Gasteiger partial charge in [-0.15, -0.1) is 23.1 Å². The Morgan fingerprint density at radius 2 is 2.33 bits per heavy atom. The summed E-state index contributed by atoms with van der Waals surface area (Å²) in [4.78, 5) is 24.0. The normalized spacial score (nSPS) is 18.7. The molecule has 1 aliphatic heterocycles. The van der Waals surface area contributed by atoms with Gasteiger partial charge in [0.25, 0.3) is 0 Å². The van der Waals surface area contributed by atoms with Crippen LogP contribution >= 0.6 is 23.1 Å². The van der Waals surface area contributed by atoms with E-state index in [1.54, 1.807) is 11.8 Å². The first-order valence-corrected chi connectivity index (χ1v) is 7.45. The van der Waals surface area contributed by atoms with Crippen LogP contribution in [0.15, 0.2) is 5.38 Å². The summed E-state index contributed by atoms with van der Waals surface area (Å²) in [6, 6.07) is -0.195. The molecule has 1 saturated heterocycles. The van der Waals surface area contributed by atoms with Crippen molar-refractivity contribution in [2.75, 3.05) is 24.1 Å². The van der Waals surface area contributed by atoms with Crippen molar-refractivity contribution >= 4 is 40.7 Å². The van der Waals surface area contributed by atoms with Crippen LogP contribution in [0.25, 0.3) is 0 Å². The monoisotopic (exact) mass is 286 g/mol. The van der Waals surface area contributed by atoms with E-state index in [9.17, 15) is 9.59 Å². The van der Waals surface area contributed by atoms with Gasteiger partial charge in [-0.3, -0.25) is 10.1 Å². The van der Waals surface area contributed by atoms with E-state index in [0.29, 0.717) is 10.6 Å². The van der Waals surface area contributed by atoms with Crippen molar-refractivity contribution in [1.29, 1.82) is 0 Å². The molecule has 2 rings (SSSR count). The standard InChI is InChI=1S/C11H14N2O3S2/c1-6-3-18-9(11(15)16-2)8(6)13-10(14)7-4-17-5-12-7/h3,7,12H,4-5H2,1-2H3,(H,13,14).